The summed E-state index contributed by atoms with van der Waals surface area (Å²) in [5.74, 6) is 0.922. The van der Waals surface area contributed by atoms with Crippen molar-refractivity contribution in [2.45, 2.75) is 13.8 Å². The normalized spacial score (nSPS) is 11.2. The smallest absolute Gasteiger partial charge is 0.228 e. The van der Waals surface area contributed by atoms with Crippen LogP contribution in [0, 0.1) is 5.92 Å². The predicted octanol–water partition coefficient (Wildman–Crippen LogP) is 2.05. The van der Waals surface area contributed by atoms with Crippen LogP contribution in [-0.2, 0) is 4.79 Å². The van der Waals surface area contributed by atoms with E-state index in [2.05, 4.69) is 5.32 Å². The second kappa shape index (κ2) is 8.61. The minimum Gasteiger partial charge on any atom is -0.493 e. The van der Waals surface area contributed by atoms with Crippen molar-refractivity contribution in [2.75, 3.05) is 25.6 Å². The molecular weight excluding hydrogens is 268 g/mol. The summed E-state index contributed by atoms with van der Waals surface area (Å²) in [7, 11) is 1.56. The van der Waals surface area contributed by atoms with Crippen LogP contribution in [0.1, 0.15) is 13.8 Å². The largest absolute Gasteiger partial charge is 0.493 e. The van der Waals surface area contributed by atoms with Gasteiger partial charge < -0.3 is 20.5 Å². The quantitative estimate of drug-likeness (QED) is 0.840. The summed E-state index contributed by atoms with van der Waals surface area (Å²) in [5, 5.41) is 2.78. The molecule has 0 radical (unpaired) electrons. The first-order valence-corrected chi connectivity index (χ1v) is 5.94. The minimum absolute atomic E-state index is 0. The maximum Gasteiger partial charge on any atom is 0.228 e. The van der Waals surface area contributed by atoms with Crippen LogP contribution in [0.25, 0.3) is 0 Å². The molecule has 1 atom stereocenters. The fourth-order valence-electron chi connectivity index (χ4n) is 1.39. The van der Waals surface area contributed by atoms with Gasteiger partial charge in [-0.2, -0.15) is 0 Å². The SMILES string of the molecule is CCOc1ccc(NC(=O)C(C)CN)cc1OC.Cl. The van der Waals surface area contributed by atoms with Crippen LogP contribution in [0.4, 0.5) is 5.69 Å². The second-order valence-electron chi connectivity index (χ2n) is 3.92. The summed E-state index contributed by atoms with van der Waals surface area (Å²) in [6, 6.07) is 5.27. The van der Waals surface area contributed by atoms with Crippen molar-refractivity contribution in [1.82, 2.24) is 0 Å². The Balaban J connectivity index is 0.00000324. The van der Waals surface area contributed by atoms with E-state index in [4.69, 9.17) is 15.2 Å². The standard InChI is InChI=1S/C13H20N2O3.ClH/c1-4-18-11-6-5-10(7-12(11)17-3)15-13(16)9(2)8-14;/h5-7,9H,4,8,14H2,1-3H3,(H,15,16);1H. The molecule has 0 saturated carbocycles. The fraction of sp³-hybridized carbons (Fsp3) is 0.462. The molecule has 1 aromatic rings. The zero-order chi connectivity index (χ0) is 13.5. The number of carbonyl (C=O) groups excluding carboxylic acids is 1. The number of hydrogen-bond acceptors (Lipinski definition) is 4. The van der Waals surface area contributed by atoms with E-state index < -0.39 is 0 Å². The van der Waals surface area contributed by atoms with Gasteiger partial charge >= 0.3 is 0 Å². The molecule has 3 N–H and O–H groups in total. The molecule has 108 valence electrons. The number of carbonyl (C=O) groups is 1. The molecule has 0 spiro atoms. The van der Waals surface area contributed by atoms with Gasteiger partial charge in [-0.3, -0.25) is 4.79 Å². The monoisotopic (exact) mass is 288 g/mol. The maximum atomic E-state index is 11.7. The Morgan fingerprint density at radius 1 is 1.42 bits per heavy atom. The Labute approximate surface area is 119 Å². The van der Waals surface area contributed by atoms with E-state index in [0.29, 0.717) is 30.3 Å². The molecular formula is C13H21ClN2O3. The van der Waals surface area contributed by atoms with E-state index in [9.17, 15) is 4.79 Å². The number of amides is 1. The molecule has 0 heterocycles. The number of nitrogens with two attached hydrogens (primary N) is 1. The van der Waals surface area contributed by atoms with Crippen molar-refractivity contribution >= 4 is 24.0 Å². The number of halogens is 1. The van der Waals surface area contributed by atoms with E-state index in [1.807, 2.05) is 6.92 Å². The lowest BCUT2D eigenvalue weighted by Crippen LogP contribution is -2.26. The molecule has 1 unspecified atom stereocenters. The van der Waals surface area contributed by atoms with E-state index in [1.54, 1.807) is 32.2 Å². The summed E-state index contributed by atoms with van der Waals surface area (Å²) in [4.78, 5) is 11.7. The Kier molecular flexibility index (Phi) is 7.95. The van der Waals surface area contributed by atoms with Crippen molar-refractivity contribution in [1.29, 1.82) is 0 Å². The minimum atomic E-state index is -0.220. The highest BCUT2D eigenvalue weighted by Crippen LogP contribution is 2.30. The average Bonchev–Trinajstić information content (AvgIpc) is 2.39. The number of ether oxygens (including phenoxy) is 2. The number of benzene rings is 1. The number of nitrogens with one attached hydrogen (secondary N) is 1. The highest BCUT2D eigenvalue weighted by atomic mass is 35.5. The second-order valence-corrected chi connectivity index (χ2v) is 3.92. The topological polar surface area (TPSA) is 73.6 Å². The average molecular weight is 289 g/mol. The molecule has 0 aliphatic carbocycles. The third-order valence-electron chi connectivity index (χ3n) is 2.53. The van der Waals surface area contributed by atoms with Crippen molar-refractivity contribution in [3.63, 3.8) is 0 Å². The lowest BCUT2D eigenvalue weighted by molar-refractivity contribution is -0.119. The molecule has 6 heteroatoms. The summed E-state index contributed by atoms with van der Waals surface area (Å²) < 4.78 is 10.6. The first-order valence-electron chi connectivity index (χ1n) is 5.94. The molecule has 0 aliphatic heterocycles. The number of anilines is 1. The van der Waals surface area contributed by atoms with Crippen molar-refractivity contribution in [3.05, 3.63) is 18.2 Å². The lowest BCUT2D eigenvalue weighted by atomic mass is 10.1. The van der Waals surface area contributed by atoms with E-state index in [0.717, 1.165) is 0 Å². The maximum absolute atomic E-state index is 11.7. The number of hydrogen-bond donors (Lipinski definition) is 2. The van der Waals surface area contributed by atoms with Crippen LogP contribution in [0.2, 0.25) is 0 Å². The molecule has 0 saturated heterocycles. The highest BCUT2D eigenvalue weighted by Gasteiger charge is 2.12. The highest BCUT2D eigenvalue weighted by molar-refractivity contribution is 5.92. The zero-order valence-corrected chi connectivity index (χ0v) is 12.3. The summed E-state index contributed by atoms with van der Waals surface area (Å²) >= 11 is 0. The number of methoxy groups -OCH3 is 1. The Morgan fingerprint density at radius 3 is 2.63 bits per heavy atom. The third kappa shape index (κ3) is 4.96. The van der Waals surface area contributed by atoms with Crippen LogP contribution < -0.4 is 20.5 Å². The molecule has 0 fully saturated rings. The van der Waals surface area contributed by atoms with E-state index >= 15 is 0 Å². The van der Waals surface area contributed by atoms with E-state index in [1.165, 1.54) is 0 Å². The van der Waals surface area contributed by atoms with Gasteiger partial charge in [0.15, 0.2) is 11.5 Å². The summed E-state index contributed by atoms with van der Waals surface area (Å²) in [6.45, 7) is 4.56. The van der Waals surface area contributed by atoms with Crippen molar-refractivity contribution in [3.8, 4) is 11.5 Å². The van der Waals surface area contributed by atoms with Gasteiger partial charge in [-0.1, -0.05) is 6.92 Å². The van der Waals surface area contributed by atoms with Crippen LogP contribution in [0.5, 0.6) is 11.5 Å². The molecule has 0 aliphatic rings. The Bertz CT molecular complexity index is 413. The number of rotatable bonds is 6. The molecule has 19 heavy (non-hydrogen) atoms. The predicted molar refractivity (Wildman–Crippen MR) is 78.3 cm³/mol. The fourth-order valence-corrected chi connectivity index (χ4v) is 1.39. The first-order chi connectivity index (χ1) is 8.62. The van der Waals surface area contributed by atoms with Crippen LogP contribution in [0.15, 0.2) is 18.2 Å². The van der Waals surface area contributed by atoms with Gasteiger partial charge in [-0.05, 0) is 19.1 Å². The van der Waals surface area contributed by atoms with Crippen LogP contribution in [-0.4, -0.2) is 26.2 Å². The zero-order valence-electron chi connectivity index (χ0n) is 11.4. The Morgan fingerprint density at radius 2 is 2.11 bits per heavy atom. The van der Waals surface area contributed by atoms with Crippen molar-refractivity contribution in [2.24, 2.45) is 11.7 Å². The van der Waals surface area contributed by atoms with Gasteiger partial charge in [0, 0.05) is 24.2 Å². The van der Waals surface area contributed by atoms with Gasteiger partial charge in [0.05, 0.1) is 13.7 Å². The molecule has 1 rings (SSSR count). The summed E-state index contributed by atoms with van der Waals surface area (Å²) in [6.07, 6.45) is 0. The third-order valence-corrected chi connectivity index (χ3v) is 2.53. The summed E-state index contributed by atoms with van der Waals surface area (Å²) in [5.41, 5.74) is 6.11. The Hall–Kier alpha value is -1.46. The molecule has 5 nitrogen and oxygen atoms in total. The van der Waals surface area contributed by atoms with Gasteiger partial charge in [0.25, 0.3) is 0 Å². The van der Waals surface area contributed by atoms with E-state index in [-0.39, 0.29) is 24.2 Å². The molecule has 1 amide bonds. The van der Waals surface area contributed by atoms with Gasteiger partial charge in [-0.25, -0.2) is 0 Å². The van der Waals surface area contributed by atoms with Gasteiger partial charge in [0.2, 0.25) is 5.91 Å². The van der Waals surface area contributed by atoms with Crippen LogP contribution >= 0.6 is 12.4 Å². The van der Waals surface area contributed by atoms with Crippen molar-refractivity contribution < 1.29 is 14.3 Å². The lowest BCUT2D eigenvalue weighted by Gasteiger charge is -2.13. The molecule has 0 aromatic heterocycles. The van der Waals surface area contributed by atoms with Gasteiger partial charge in [-0.15, -0.1) is 12.4 Å². The van der Waals surface area contributed by atoms with Crippen LogP contribution in [0.3, 0.4) is 0 Å². The van der Waals surface area contributed by atoms with Gasteiger partial charge in [0.1, 0.15) is 0 Å². The molecule has 1 aromatic carbocycles. The molecule has 0 bridgehead atoms. The first kappa shape index (κ1) is 17.5.